The Morgan fingerprint density at radius 2 is 1.74 bits per heavy atom. The van der Waals surface area contributed by atoms with Gasteiger partial charge >= 0.3 is 6.03 Å². The average molecular weight is 441 g/mol. The molecule has 0 fully saturated rings. The van der Waals surface area contributed by atoms with E-state index >= 15 is 0 Å². The Morgan fingerprint density at radius 3 is 2.26 bits per heavy atom. The van der Waals surface area contributed by atoms with Gasteiger partial charge in [0.25, 0.3) is 0 Å². The average Bonchev–Trinajstić information content (AvgIpc) is 2.67. The molecule has 0 saturated carbocycles. The van der Waals surface area contributed by atoms with Gasteiger partial charge in [-0.25, -0.2) is 9.18 Å². The number of benzene rings is 2. The van der Waals surface area contributed by atoms with Crippen molar-refractivity contribution in [2.45, 2.75) is 19.5 Å². The van der Waals surface area contributed by atoms with E-state index in [2.05, 4.69) is 26.6 Å². The van der Waals surface area contributed by atoms with E-state index in [1.165, 1.54) is 27.4 Å². The standard InChI is InChI=1S/C19H22BrFN2O4/c1-11(13-8-16(25-2)18(27-4)17(9-13)26-3)23-19(24)22-10-12-5-6-14(20)15(21)7-12/h5-9,11H,10H2,1-4H3,(H2,22,23,24). The number of hydrogen-bond donors (Lipinski definition) is 2. The van der Waals surface area contributed by atoms with Gasteiger partial charge in [0.1, 0.15) is 5.82 Å². The molecule has 0 aliphatic heterocycles. The van der Waals surface area contributed by atoms with Gasteiger partial charge in [-0.3, -0.25) is 0 Å². The van der Waals surface area contributed by atoms with Gasteiger partial charge in [-0.05, 0) is 58.2 Å². The van der Waals surface area contributed by atoms with Crippen LogP contribution in [0.5, 0.6) is 17.2 Å². The summed E-state index contributed by atoms with van der Waals surface area (Å²) in [6, 6.07) is 7.55. The van der Waals surface area contributed by atoms with Crippen molar-refractivity contribution < 1.29 is 23.4 Å². The molecule has 0 aromatic heterocycles. The van der Waals surface area contributed by atoms with E-state index in [1.807, 2.05) is 6.92 Å². The third-order valence-electron chi connectivity index (χ3n) is 3.97. The molecule has 0 heterocycles. The highest BCUT2D eigenvalue weighted by Crippen LogP contribution is 2.39. The third kappa shape index (κ3) is 5.26. The molecule has 0 radical (unpaired) electrons. The van der Waals surface area contributed by atoms with Crippen LogP contribution in [0.4, 0.5) is 9.18 Å². The van der Waals surface area contributed by atoms with Crippen LogP contribution < -0.4 is 24.8 Å². The Kier molecular flexibility index (Phi) is 7.29. The fourth-order valence-electron chi connectivity index (χ4n) is 2.51. The first-order valence-corrected chi connectivity index (χ1v) is 8.97. The summed E-state index contributed by atoms with van der Waals surface area (Å²) >= 11 is 3.10. The van der Waals surface area contributed by atoms with E-state index in [-0.39, 0.29) is 24.4 Å². The van der Waals surface area contributed by atoms with Crippen molar-refractivity contribution in [3.8, 4) is 17.2 Å². The van der Waals surface area contributed by atoms with E-state index in [0.717, 1.165) is 5.56 Å². The molecule has 0 aliphatic rings. The SMILES string of the molecule is COc1cc(C(C)NC(=O)NCc2ccc(Br)c(F)c2)cc(OC)c1OC. The number of halogens is 2. The number of carbonyl (C=O) groups excluding carboxylic acids is 1. The van der Waals surface area contributed by atoms with Crippen LogP contribution in [0.2, 0.25) is 0 Å². The van der Waals surface area contributed by atoms with Crippen LogP contribution in [0.15, 0.2) is 34.8 Å². The number of methoxy groups -OCH3 is 3. The lowest BCUT2D eigenvalue weighted by Gasteiger charge is -2.19. The quantitative estimate of drug-likeness (QED) is 0.677. The fourth-order valence-corrected chi connectivity index (χ4v) is 2.76. The molecule has 0 bridgehead atoms. The molecule has 8 heteroatoms. The number of rotatable bonds is 7. The molecule has 0 saturated heterocycles. The number of urea groups is 1. The second-order valence-corrected chi connectivity index (χ2v) is 6.61. The molecule has 2 rings (SSSR count). The summed E-state index contributed by atoms with van der Waals surface area (Å²) in [6.45, 7) is 2.04. The number of hydrogen-bond acceptors (Lipinski definition) is 4. The molecular formula is C19H22BrFN2O4. The fraction of sp³-hybridized carbons (Fsp3) is 0.316. The topological polar surface area (TPSA) is 68.8 Å². The summed E-state index contributed by atoms with van der Waals surface area (Å²) in [7, 11) is 4.59. The van der Waals surface area contributed by atoms with Crippen molar-refractivity contribution in [1.82, 2.24) is 10.6 Å². The first kappa shape index (κ1) is 20.8. The van der Waals surface area contributed by atoms with Crippen LogP contribution in [-0.2, 0) is 6.54 Å². The van der Waals surface area contributed by atoms with Gasteiger partial charge in [-0.15, -0.1) is 0 Å². The highest BCUT2D eigenvalue weighted by atomic mass is 79.9. The molecular weight excluding hydrogens is 419 g/mol. The summed E-state index contributed by atoms with van der Waals surface area (Å²) in [5.41, 5.74) is 1.45. The van der Waals surface area contributed by atoms with Crippen LogP contribution in [0, 0.1) is 5.82 Å². The Morgan fingerprint density at radius 1 is 1.11 bits per heavy atom. The normalized spacial score (nSPS) is 11.5. The first-order chi connectivity index (χ1) is 12.9. The molecule has 2 aromatic carbocycles. The Labute approximate surface area is 166 Å². The van der Waals surface area contributed by atoms with Crippen LogP contribution >= 0.6 is 15.9 Å². The Bertz CT molecular complexity index is 791. The van der Waals surface area contributed by atoms with Crippen molar-refractivity contribution in [3.05, 3.63) is 51.7 Å². The zero-order valence-corrected chi connectivity index (χ0v) is 17.1. The maximum absolute atomic E-state index is 13.5. The van der Waals surface area contributed by atoms with Crippen LogP contribution in [0.25, 0.3) is 0 Å². The zero-order chi connectivity index (χ0) is 20.0. The molecule has 6 nitrogen and oxygen atoms in total. The number of carbonyl (C=O) groups is 1. The monoisotopic (exact) mass is 440 g/mol. The summed E-state index contributed by atoms with van der Waals surface area (Å²) in [4.78, 5) is 12.2. The Balaban J connectivity index is 2.04. The van der Waals surface area contributed by atoms with Gasteiger partial charge in [0, 0.05) is 6.54 Å². The molecule has 146 valence electrons. The van der Waals surface area contributed by atoms with Crippen molar-refractivity contribution in [2.75, 3.05) is 21.3 Å². The minimum Gasteiger partial charge on any atom is -0.493 e. The van der Waals surface area contributed by atoms with Gasteiger partial charge < -0.3 is 24.8 Å². The molecule has 1 atom stereocenters. The molecule has 27 heavy (non-hydrogen) atoms. The maximum atomic E-state index is 13.5. The van der Waals surface area contributed by atoms with Crippen molar-refractivity contribution in [2.24, 2.45) is 0 Å². The van der Waals surface area contributed by atoms with Crippen LogP contribution in [-0.4, -0.2) is 27.4 Å². The summed E-state index contributed by atoms with van der Waals surface area (Å²) in [6.07, 6.45) is 0. The summed E-state index contributed by atoms with van der Waals surface area (Å²) < 4.78 is 29.9. The first-order valence-electron chi connectivity index (χ1n) is 8.17. The smallest absolute Gasteiger partial charge is 0.315 e. The largest absolute Gasteiger partial charge is 0.493 e. The summed E-state index contributed by atoms with van der Waals surface area (Å²) in [5.74, 6) is 1.12. The van der Waals surface area contributed by atoms with E-state index < -0.39 is 0 Å². The van der Waals surface area contributed by atoms with Crippen molar-refractivity contribution in [1.29, 1.82) is 0 Å². The maximum Gasteiger partial charge on any atom is 0.315 e. The molecule has 2 amide bonds. The lowest BCUT2D eigenvalue weighted by atomic mass is 10.1. The number of nitrogens with one attached hydrogen (secondary N) is 2. The van der Waals surface area contributed by atoms with Crippen molar-refractivity contribution >= 4 is 22.0 Å². The summed E-state index contributed by atoms with van der Waals surface area (Å²) in [5, 5.41) is 5.53. The second-order valence-electron chi connectivity index (χ2n) is 5.76. The van der Waals surface area contributed by atoms with Crippen LogP contribution in [0.3, 0.4) is 0 Å². The van der Waals surface area contributed by atoms with E-state index in [9.17, 15) is 9.18 Å². The highest BCUT2D eigenvalue weighted by Gasteiger charge is 2.17. The second kappa shape index (κ2) is 9.45. The Hall–Kier alpha value is -2.48. The highest BCUT2D eigenvalue weighted by molar-refractivity contribution is 9.10. The van der Waals surface area contributed by atoms with Crippen molar-refractivity contribution in [3.63, 3.8) is 0 Å². The third-order valence-corrected chi connectivity index (χ3v) is 4.61. The van der Waals surface area contributed by atoms with Gasteiger partial charge in [-0.2, -0.15) is 0 Å². The van der Waals surface area contributed by atoms with E-state index in [4.69, 9.17) is 14.2 Å². The van der Waals surface area contributed by atoms with E-state index in [1.54, 1.807) is 24.3 Å². The number of amides is 2. The molecule has 2 aromatic rings. The van der Waals surface area contributed by atoms with E-state index in [0.29, 0.717) is 27.3 Å². The zero-order valence-electron chi connectivity index (χ0n) is 15.6. The lowest BCUT2D eigenvalue weighted by molar-refractivity contribution is 0.237. The lowest BCUT2D eigenvalue weighted by Crippen LogP contribution is -2.36. The molecule has 2 N–H and O–H groups in total. The van der Waals surface area contributed by atoms with Gasteiger partial charge in [0.05, 0.1) is 31.8 Å². The minimum atomic E-state index is -0.375. The van der Waals surface area contributed by atoms with Gasteiger partial charge in [-0.1, -0.05) is 6.07 Å². The van der Waals surface area contributed by atoms with Gasteiger partial charge in [0.15, 0.2) is 11.5 Å². The minimum absolute atomic E-state index is 0.206. The predicted molar refractivity (Wildman–Crippen MR) is 104 cm³/mol. The van der Waals surface area contributed by atoms with Crippen LogP contribution in [0.1, 0.15) is 24.1 Å². The molecule has 0 aliphatic carbocycles. The predicted octanol–water partition coefficient (Wildman–Crippen LogP) is 4.17. The molecule has 0 spiro atoms. The number of ether oxygens (including phenoxy) is 3. The molecule has 1 unspecified atom stereocenters. The van der Waals surface area contributed by atoms with Gasteiger partial charge in [0.2, 0.25) is 5.75 Å².